The van der Waals surface area contributed by atoms with E-state index in [1.807, 2.05) is 30.3 Å². The first kappa shape index (κ1) is 19.1. The molecule has 0 bridgehead atoms. The van der Waals surface area contributed by atoms with Crippen LogP contribution in [0.4, 0.5) is 10.6 Å². The molecule has 1 fully saturated rings. The number of rotatable bonds is 5. The number of benzene rings is 1. The van der Waals surface area contributed by atoms with Crippen molar-refractivity contribution in [2.24, 2.45) is 0 Å². The fraction of sp³-hybridized carbons (Fsp3) is 0.316. The smallest absolute Gasteiger partial charge is 0.408 e. The van der Waals surface area contributed by atoms with E-state index in [2.05, 4.69) is 20.3 Å². The first-order chi connectivity index (χ1) is 14.0. The Morgan fingerprint density at radius 3 is 2.62 bits per heavy atom. The van der Waals surface area contributed by atoms with E-state index < -0.39 is 37.0 Å². The van der Waals surface area contributed by atoms with Gasteiger partial charge < -0.3 is 30.7 Å². The predicted molar refractivity (Wildman–Crippen MR) is 103 cm³/mol. The van der Waals surface area contributed by atoms with Crippen LogP contribution in [0.5, 0.6) is 0 Å². The maximum absolute atomic E-state index is 11.8. The Kier molecular flexibility index (Phi) is 5.05. The van der Waals surface area contributed by atoms with E-state index in [0.717, 1.165) is 10.5 Å². The Balaban J connectivity index is 1.69. The lowest BCUT2D eigenvalue weighted by Crippen LogP contribution is -2.42. The van der Waals surface area contributed by atoms with E-state index in [1.54, 1.807) is 6.20 Å². The van der Waals surface area contributed by atoms with Gasteiger partial charge >= 0.3 is 6.09 Å². The third-order valence-corrected chi connectivity index (χ3v) is 5.25. The molecular weight excluding hydrogens is 378 g/mol. The molecule has 29 heavy (non-hydrogen) atoms. The zero-order chi connectivity index (χ0) is 20.5. The van der Waals surface area contributed by atoms with Crippen LogP contribution in [0.25, 0.3) is 11.0 Å². The number of carboxylic acid groups (broad SMARTS) is 1. The summed E-state index contributed by atoms with van der Waals surface area (Å²) in [5.74, 6) is 0.527. The number of fused-ring (bicyclic) bond motifs is 1. The molecule has 1 saturated heterocycles. The minimum absolute atomic E-state index is 0.398. The number of hydrogen-bond donors (Lipinski definition) is 6. The van der Waals surface area contributed by atoms with Gasteiger partial charge in [-0.15, -0.1) is 0 Å². The van der Waals surface area contributed by atoms with E-state index in [1.165, 1.54) is 6.33 Å². The summed E-state index contributed by atoms with van der Waals surface area (Å²) < 4.78 is 0. The van der Waals surface area contributed by atoms with Crippen LogP contribution in [0.1, 0.15) is 17.2 Å². The minimum atomic E-state index is -1.41. The highest BCUT2D eigenvalue weighted by Gasteiger charge is 2.51. The molecule has 1 aliphatic rings. The molecule has 1 aliphatic heterocycles. The highest BCUT2D eigenvalue weighted by molar-refractivity contribution is 5.89. The van der Waals surface area contributed by atoms with Gasteiger partial charge in [-0.05, 0) is 5.56 Å². The van der Waals surface area contributed by atoms with Crippen molar-refractivity contribution in [3.8, 4) is 0 Å². The Morgan fingerprint density at radius 1 is 1.17 bits per heavy atom. The SMILES string of the molecule is O=C(O)N1[C@H](CO)[C@@H](O)[C@@H](O)[C@@H]1c1c[nH]c2c(NCc3ccccc3)ncnc12. The molecule has 0 unspecified atom stereocenters. The summed E-state index contributed by atoms with van der Waals surface area (Å²) >= 11 is 0. The Bertz CT molecular complexity index is 1010. The molecular formula is C19H21N5O5. The zero-order valence-corrected chi connectivity index (χ0v) is 15.3. The molecule has 1 aromatic carbocycles. The number of aromatic nitrogens is 3. The number of carbonyl (C=O) groups is 1. The van der Waals surface area contributed by atoms with Crippen LogP contribution in [0.2, 0.25) is 0 Å². The Labute approximate surface area is 165 Å². The average molecular weight is 399 g/mol. The third kappa shape index (κ3) is 3.27. The van der Waals surface area contributed by atoms with Crippen molar-refractivity contribution in [3.05, 3.63) is 54.0 Å². The number of hydrogen-bond acceptors (Lipinski definition) is 7. The summed E-state index contributed by atoms with van der Waals surface area (Å²) in [5, 5.41) is 43.0. The van der Waals surface area contributed by atoms with Crippen molar-refractivity contribution in [1.29, 1.82) is 0 Å². The van der Waals surface area contributed by atoms with Gasteiger partial charge in [0.05, 0.1) is 24.2 Å². The zero-order valence-electron chi connectivity index (χ0n) is 15.3. The van der Waals surface area contributed by atoms with Crippen LogP contribution in [0, 0.1) is 0 Å². The van der Waals surface area contributed by atoms with E-state index in [4.69, 9.17) is 0 Å². The quantitative estimate of drug-likeness (QED) is 0.366. The number of aliphatic hydroxyl groups excluding tert-OH is 3. The molecule has 4 rings (SSSR count). The topological polar surface area (TPSA) is 155 Å². The summed E-state index contributed by atoms with van der Waals surface area (Å²) in [5.41, 5.74) is 2.44. The van der Waals surface area contributed by atoms with E-state index >= 15 is 0 Å². The Morgan fingerprint density at radius 2 is 1.93 bits per heavy atom. The molecule has 152 valence electrons. The number of nitrogens with zero attached hydrogens (tertiary/aromatic N) is 3. The molecule has 4 atom stereocenters. The fourth-order valence-corrected chi connectivity index (χ4v) is 3.84. The molecule has 3 aromatic rings. The van der Waals surface area contributed by atoms with Gasteiger partial charge in [0, 0.05) is 18.3 Å². The molecule has 10 nitrogen and oxygen atoms in total. The monoisotopic (exact) mass is 399 g/mol. The van der Waals surface area contributed by atoms with Gasteiger partial charge in [-0.1, -0.05) is 30.3 Å². The summed E-state index contributed by atoms with van der Waals surface area (Å²) in [7, 11) is 0. The number of likely N-dealkylation sites (tertiary alicyclic amines) is 1. The van der Waals surface area contributed by atoms with Crippen LogP contribution < -0.4 is 5.32 Å². The van der Waals surface area contributed by atoms with Crippen molar-refractivity contribution in [2.45, 2.75) is 30.8 Å². The second-order valence-electron chi connectivity index (χ2n) is 6.89. The van der Waals surface area contributed by atoms with Crippen LogP contribution in [0.15, 0.2) is 42.9 Å². The van der Waals surface area contributed by atoms with E-state index in [9.17, 15) is 25.2 Å². The van der Waals surface area contributed by atoms with E-state index in [0.29, 0.717) is 29.0 Å². The van der Waals surface area contributed by atoms with Gasteiger partial charge in [-0.25, -0.2) is 14.8 Å². The molecule has 0 radical (unpaired) electrons. The van der Waals surface area contributed by atoms with Gasteiger partial charge in [-0.3, -0.25) is 4.90 Å². The molecule has 2 aromatic heterocycles. The van der Waals surface area contributed by atoms with Gasteiger partial charge in [-0.2, -0.15) is 0 Å². The summed E-state index contributed by atoms with van der Waals surface area (Å²) in [4.78, 5) is 24.2. The van der Waals surface area contributed by atoms with Gasteiger partial charge in [0.2, 0.25) is 0 Å². The summed E-state index contributed by atoms with van der Waals surface area (Å²) in [6.45, 7) is -0.0812. The standard InChI is InChI=1S/C19H21N5O5/c25-8-12-16(26)17(27)15(24(12)19(28)29)11-7-20-14-13(11)22-9-23-18(14)21-6-10-4-2-1-3-5-10/h1-5,7,9,12,15-17,20,25-27H,6,8H2,(H,28,29)(H,21,22,23)/t12-,15+,16-,17+/m1/s1. The predicted octanol–water partition coefficient (Wildman–Crippen LogP) is 0.687. The normalized spacial score (nSPS) is 24.2. The molecule has 3 heterocycles. The van der Waals surface area contributed by atoms with Gasteiger partial charge in [0.1, 0.15) is 24.1 Å². The lowest BCUT2D eigenvalue weighted by Gasteiger charge is -2.26. The first-order valence-corrected chi connectivity index (χ1v) is 9.11. The molecule has 10 heteroatoms. The lowest BCUT2D eigenvalue weighted by atomic mass is 10.0. The maximum atomic E-state index is 11.8. The van der Waals surface area contributed by atoms with Crippen LogP contribution >= 0.6 is 0 Å². The molecule has 0 aliphatic carbocycles. The van der Waals surface area contributed by atoms with Crippen molar-refractivity contribution in [3.63, 3.8) is 0 Å². The third-order valence-electron chi connectivity index (χ3n) is 5.25. The van der Waals surface area contributed by atoms with Crippen molar-refractivity contribution >= 4 is 22.9 Å². The molecule has 0 saturated carbocycles. The highest BCUT2D eigenvalue weighted by atomic mass is 16.4. The second kappa shape index (κ2) is 7.66. The number of aromatic amines is 1. The molecule has 6 N–H and O–H groups in total. The average Bonchev–Trinajstić information content (AvgIpc) is 3.26. The van der Waals surface area contributed by atoms with Crippen LogP contribution in [0.3, 0.4) is 0 Å². The molecule has 1 amide bonds. The number of anilines is 1. The lowest BCUT2D eigenvalue weighted by molar-refractivity contribution is 0.0181. The fourth-order valence-electron chi connectivity index (χ4n) is 3.84. The first-order valence-electron chi connectivity index (χ1n) is 9.11. The van der Waals surface area contributed by atoms with Crippen LogP contribution in [-0.4, -0.2) is 71.2 Å². The number of amides is 1. The Hall–Kier alpha value is -3.21. The highest BCUT2D eigenvalue weighted by Crippen LogP contribution is 2.39. The van der Waals surface area contributed by atoms with E-state index in [-0.39, 0.29) is 0 Å². The second-order valence-corrected chi connectivity index (χ2v) is 6.89. The van der Waals surface area contributed by atoms with Crippen molar-refractivity contribution in [2.75, 3.05) is 11.9 Å². The number of aliphatic hydroxyl groups is 3. The van der Waals surface area contributed by atoms with Gasteiger partial charge in [0.25, 0.3) is 0 Å². The molecule has 0 spiro atoms. The summed E-state index contributed by atoms with van der Waals surface area (Å²) in [6, 6.07) is 7.54. The number of nitrogens with one attached hydrogen (secondary N) is 2. The largest absolute Gasteiger partial charge is 0.465 e. The van der Waals surface area contributed by atoms with Crippen molar-refractivity contribution < 1.29 is 25.2 Å². The minimum Gasteiger partial charge on any atom is -0.465 e. The number of H-pyrrole nitrogens is 1. The summed E-state index contributed by atoms with van der Waals surface area (Å²) in [6.07, 6.45) is -1.28. The van der Waals surface area contributed by atoms with Gasteiger partial charge in [0.15, 0.2) is 5.82 Å². The van der Waals surface area contributed by atoms with Crippen LogP contribution in [-0.2, 0) is 6.54 Å². The van der Waals surface area contributed by atoms with Crippen molar-refractivity contribution in [1.82, 2.24) is 19.9 Å². The maximum Gasteiger partial charge on any atom is 0.408 e.